The molecule has 128 valence electrons. The van der Waals surface area contributed by atoms with Crippen LogP contribution >= 0.6 is 0 Å². The Balaban J connectivity index is 2.24. The standard InChI is InChI=1S/C20H21N3O2/c1-5-13-8-15-18(10-17(13)23(6-2)7-3)25-20-16(22-15)9-14(11-21)12(4)19(20)24/h8-10,24H,4-7H2,1-3H3. The van der Waals surface area contributed by atoms with Crippen LogP contribution in [0.15, 0.2) is 23.2 Å². The quantitative estimate of drug-likeness (QED) is 0.795. The van der Waals surface area contributed by atoms with Gasteiger partial charge >= 0.3 is 0 Å². The van der Waals surface area contributed by atoms with Crippen molar-refractivity contribution in [1.29, 1.82) is 5.26 Å². The van der Waals surface area contributed by atoms with Gasteiger partial charge in [0.15, 0.2) is 17.2 Å². The van der Waals surface area contributed by atoms with Gasteiger partial charge in [0.2, 0.25) is 0 Å². The van der Waals surface area contributed by atoms with Crippen molar-refractivity contribution in [3.05, 3.63) is 39.9 Å². The molecule has 5 heteroatoms. The molecule has 2 aromatic carbocycles. The lowest BCUT2D eigenvalue weighted by molar-refractivity contribution is 0.401. The second kappa shape index (κ2) is 6.48. The Morgan fingerprint density at radius 3 is 2.56 bits per heavy atom. The highest BCUT2D eigenvalue weighted by Gasteiger charge is 2.21. The minimum Gasteiger partial charge on any atom is -0.504 e. The smallest absolute Gasteiger partial charge is 0.195 e. The topological polar surface area (TPSA) is 68.8 Å². The third-order valence-electron chi connectivity index (χ3n) is 4.56. The number of ether oxygens (including phenoxy) is 1. The van der Waals surface area contributed by atoms with Crippen molar-refractivity contribution in [1.82, 2.24) is 0 Å². The summed E-state index contributed by atoms with van der Waals surface area (Å²) in [6.45, 7) is 11.9. The SMILES string of the molecule is C=c1c(C#N)cc2c(c1O)Oc1cc(N(CC)CC)c(CC)cc1N=2. The summed E-state index contributed by atoms with van der Waals surface area (Å²) in [6.07, 6.45) is 0.883. The summed E-state index contributed by atoms with van der Waals surface area (Å²) in [5.41, 5.74) is 3.31. The lowest BCUT2D eigenvalue weighted by Gasteiger charge is -2.26. The van der Waals surface area contributed by atoms with E-state index in [2.05, 4.69) is 37.2 Å². The average Bonchev–Trinajstić information content (AvgIpc) is 2.64. The molecule has 0 aliphatic carbocycles. The molecular formula is C20H21N3O2. The molecular weight excluding hydrogens is 314 g/mol. The molecule has 0 unspecified atom stereocenters. The van der Waals surface area contributed by atoms with E-state index in [4.69, 9.17) is 4.74 Å². The molecule has 0 aromatic heterocycles. The van der Waals surface area contributed by atoms with Crippen LogP contribution in [0.3, 0.4) is 0 Å². The van der Waals surface area contributed by atoms with E-state index in [9.17, 15) is 10.4 Å². The van der Waals surface area contributed by atoms with E-state index in [1.165, 1.54) is 5.56 Å². The van der Waals surface area contributed by atoms with Crippen molar-refractivity contribution < 1.29 is 9.84 Å². The molecule has 2 aromatic rings. The number of nitriles is 1. The van der Waals surface area contributed by atoms with Gasteiger partial charge in [0.05, 0.1) is 11.6 Å². The van der Waals surface area contributed by atoms with E-state index in [0.717, 1.165) is 25.2 Å². The Kier molecular flexibility index (Phi) is 4.37. The van der Waals surface area contributed by atoms with Crippen molar-refractivity contribution in [2.24, 2.45) is 4.99 Å². The van der Waals surface area contributed by atoms with Gasteiger partial charge in [0.25, 0.3) is 0 Å². The molecule has 5 nitrogen and oxygen atoms in total. The maximum absolute atomic E-state index is 10.3. The first-order valence-corrected chi connectivity index (χ1v) is 8.47. The van der Waals surface area contributed by atoms with Crippen LogP contribution in [0.1, 0.15) is 31.9 Å². The first kappa shape index (κ1) is 16.8. The summed E-state index contributed by atoms with van der Waals surface area (Å²) in [7, 11) is 0. The normalized spacial score (nSPS) is 11.6. The molecule has 0 saturated heterocycles. The molecule has 1 aliphatic heterocycles. The maximum atomic E-state index is 10.3. The second-order valence-electron chi connectivity index (χ2n) is 5.90. The first-order valence-electron chi connectivity index (χ1n) is 8.47. The molecule has 0 bridgehead atoms. The van der Waals surface area contributed by atoms with Crippen LogP contribution in [0.5, 0.6) is 17.2 Å². The Labute approximate surface area is 147 Å². The van der Waals surface area contributed by atoms with Crippen molar-refractivity contribution in [2.75, 3.05) is 18.0 Å². The molecule has 1 aliphatic rings. The Bertz CT molecular complexity index is 986. The Morgan fingerprint density at radius 1 is 1.24 bits per heavy atom. The summed E-state index contributed by atoms with van der Waals surface area (Å²) in [5, 5.41) is 20.2. The number of anilines is 1. The van der Waals surface area contributed by atoms with Gasteiger partial charge in [-0.15, -0.1) is 0 Å². The fourth-order valence-electron chi connectivity index (χ4n) is 3.11. The summed E-state index contributed by atoms with van der Waals surface area (Å²) >= 11 is 0. The van der Waals surface area contributed by atoms with Crippen LogP contribution in [-0.2, 0) is 6.42 Å². The number of benzene rings is 2. The zero-order chi connectivity index (χ0) is 18.1. The van der Waals surface area contributed by atoms with Gasteiger partial charge in [-0.25, -0.2) is 4.99 Å². The molecule has 0 atom stereocenters. The van der Waals surface area contributed by atoms with Crippen LogP contribution in [0.25, 0.3) is 6.58 Å². The van der Waals surface area contributed by atoms with Crippen molar-refractivity contribution >= 4 is 18.0 Å². The molecule has 0 fully saturated rings. The predicted octanol–water partition coefficient (Wildman–Crippen LogP) is 3.14. The van der Waals surface area contributed by atoms with Crippen molar-refractivity contribution in [2.45, 2.75) is 27.2 Å². The highest BCUT2D eigenvalue weighted by Crippen LogP contribution is 2.41. The highest BCUT2D eigenvalue weighted by atomic mass is 16.5. The Hall–Kier alpha value is -3.00. The van der Waals surface area contributed by atoms with Crippen molar-refractivity contribution in [3.8, 4) is 23.3 Å². The van der Waals surface area contributed by atoms with Gasteiger partial charge in [-0.2, -0.15) is 5.26 Å². The summed E-state index contributed by atoms with van der Waals surface area (Å²) in [4.78, 5) is 6.87. The van der Waals surface area contributed by atoms with Crippen LogP contribution in [0.2, 0.25) is 0 Å². The number of rotatable bonds is 4. The van der Waals surface area contributed by atoms with E-state index >= 15 is 0 Å². The number of hydrogen-bond acceptors (Lipinski definition) is 5. The number of hydrogen-bond donors (Lipinski definition) is 1. The van der Waals surface area contributed by atoms with Crippen molar-refractivity contribution in [3.63, 3.8) is 0 Å². The number of phenols is 1. The van der Waals surface area contributed by atoms with E-state index in [0.29, 0.717) is 22.4 Å². The van der Waals surface area contributed by atoms with Crippen LogP contribution in [0.4, 0.5) is 11.4 Å². The molecule has 0 radical (unpaired) electrons. The van der Waals surface area contributed by atoms with Gasteiger partial charge in [0, 0.05) is 30.1 Å². The fourth-order valence-corrected chi connectivity index (χ4v) is 3.11. The van der Waals surface area contributed by atoms with Gasteiger partial charge < -0.3 is 14.7 Å². The largest absolute Gasteiger partial charge is 0.504 e. The van der Waals surface area contributed by atoms with E-state index < -0.39 is 0 Å². The third kappa shape index (κ3) is 2.70. The lowest BCUT2D eigenvalue weighted by atomic mass is 10.1. The predicted molar refractivity (Wildman–Crippen MR) is 98.2 cm³/mol. The van der Waals surface area contributed by atoms with Gasteiger partial charge in [-0.3, -0.25) is 0 Å². The number of nitrogens with zero attached hydrogens (tertiary/aromatic N) is 3. The second-order valence-corrected chi connectivity index (χ2v) is 5.90. The van der Waals surface area contributed by atoms with Gasteiger partial charge in [0.1, 0.15) is 11.0 Å². The van der Waals surface area contributed by atoms with E-state index in [-0.39, 0.29) is 16.7 Å². The molecule has 0 amide bonds. The Morgan fingerprint density at radius 2 is 1.96 bits per heavy atom. The van der Waals surface area contributed by atoms with Crippen LogP contribution < -0.4 is 20.2 Å². The highest BCUT2D eigenvalue weighted by molar-refractivity contribution is 5.69. The molecule has 1 N–H and O–H groups in total. The molecule has 0 saturated carbocycles. The van der Waals surface area contributed by atoms with Crippen LogP contribution in [-0.4, -0.2) is 18.2 Å². The van der Waals surface area contributed by atoms with E-state index in [1.54, 1.807) is 6.07 Å². The zero-order valence-corrected chi connectivity index (χ0v) is 14.8. The number of fused-ring (bicyclic) bond motifs is 2. The first-order chi connectivity index (χ1) is 12.0. The maximum Gasteiger partial charge on any atom is 0.195 e. The number of aromatic hydroxyl groups is 1. The molecule has 0 spiro atoms. The third-order valence-corrected chi connectivity index (χ3v) is 4.56. The minimum atomic E-state index is -0.132. The fraction of sp³-hybridized carbons (Fsp3) is 0.300. The lowest BCUT2D eigenvalue weighted by Crippen LogP contribution is -2.23. The van der Waals surface area contributed by atoms with Crippen LogP contribution in [0, 0.1) is 11.3 Å². The molecule has 1 heterocycles. The summed E-state index contributed by atoms with van der Waals surface area (Å²) in [5.74, 6) is 0.727. The van der Waals surface area contributed by atoms with Gasteiger partial charge in [-0.1, -0.05) is 13.5 Å². The monoisotopic (exact) mass is 335 g/mol. The summed E-state index contributed by atoms with van der Waals surface area (Å²) < 4.78 is 5.95. The van der Waals surface area contributed by atoms with E-state index in [1.807, 2.05) is 18.2 Å². The minimum absolute atomic E-state index is 0.132. The summed E-state index contributed by atoms with van der Waals surface area (Å²) in [6, 6.07) is 7.63. The number of phenolic OH excluding ortho intramolecular Hbond substituents is 1. The molecule has 25 heavy (non-hydrogen) atoms. The molecule has 3 rings (SSSR count). The zero-order valence-electron chi connectivity index (χ0n) is 14.8. The number of aryl methyl sites for hydroxylation is 1. The average molecular weight is 335 g/mol. The van der Waals surface area contributed by atoms with Gasteiger partial charge in [-0.05, 0) is 38.0 Å².